The fourth-order valence-corrected chi connectivity index (χ4v) is 3.23. The summed E-state index contributed by atoms with van der Waals surface area (Å²) in [4.78, 5) is 40.3. The van der Waals surface area contributed by atoms with Gasteiger partial charge in [0.15, 0.2) is 0 Å². The molecular weight excluding hydrogens is 426 g/mol. The van der Waals surface area contributed by atoms with Gasteiger partial charge in [-0.15, -0.1) is 0 Å². The van der Waals surface area contributed by atoms with Crippen molar-refractivity contribution in [3.8, 4) is 5.75 Å². The number of benzene rings is 1. The third kappa shape index (κ3) is 9.69. The largest absolute Gasteiger partial charge is 0.508 e. The minimum Gasteiger partial charge on any atom is -0.508 e. The molecular formula is C24H39N3O6. The molecule has 33 heavy (non-hydrogen) atoms. The van der Waals surface area contributed by atoms with Crippen LogP contribution in [0.1, 0.15) is 72.4 Å². The van der Waals surface area contributed by atoms with E-state index in [2.05, 4.69) is 10.6 Å². The van der Waals surface area contributed by atoms with Crippen LogP contribution in [0.3, 0.4) is 0 Å². The molecule has 0 fully saturated rings. The third-order valence-electron chi connectivity index (χ3n) is 4.66. The SMILES string of the molecule is CCCCCN(C(=O)C(CO)NC(=O)OC(C)(C)C)C(C(=O)NC(C)C)c1ccc(O)cc1. The monoisotopic (exact) mass is 465 g/mol. The lowest BCUT2D eigenvalue weighted by atomic mass is 10.0. The van der Waals surface area contributed by atoms with E-state index in [9.17, 15) is 24.6 Å². The van der Waals surface area contributed by atoms with Gasteiger partial charge in [0.2, 0.25) is 11.8 Å². The number of ether oxygens (including phenoxy) is 1. The smallest absolute Gasteiger partial charge is 0.408 e. The van der Waals surface area contributed by atoms with Crippen LogP contribution in [0.15, 0.2) is 24.3 Å². The van der Waals surface area contributed by atoms with Gasteiger partial charge in [-0.3, -0.25) is 9.59 Å². The molecule has 0 aliphatic carbocycles. The molecule has 1 aromatic carbocycles. The Morgan fingerprint density at radius 2 is 1.67 bits per heavy atom. The number of phenols is 1. The van der Waals surface area contributed by atoms with Crippen LogP contribution in [-0.4, -0.2) is 63.9 Å². The minimum absolute atomic E-state index is 0.0328. The summed E-state index contributed by atoms with van der Waals surface area (Å²) >= 11 is 0. The molecule has 0 saturated heterocycles. The van der Waals surface area contributed by atoms with Crippen molar-refractivity contribution in [2.75, 3.05) is 13.2 Å². The molecule has 4 N–H and O–H groups in total. The summed E-state index contributed by atoms with van der Waals surface area (Å²) in [7, 11) is 0. The number of aliphatic hydroxyl groups is 1. The van der Waals surface area contributed by atoms with Gasteiger partial charge < -0.3 is 30.5 Å². The van der Waals surface area contributed by atoms with Crippen molar-refractivity contribution >= 4 is 17.9 Å². The van der Waals surface area contributed by atoms with Gasteiger partial charge >= 0.3 is 6.09 Å². The maximum absolute atomic E-state index is 13.5. The Hall–Kier alpha value is -2.81. The summed E-state index contributed by atoms with van der Waals surface area (Å²) in [6, 6.07) is 3.59. The van der Waals surface area contributed by atoms with Crippen LogP contribution in [0, 0.1) is 0 Å². The molecule has 2 unspecified atom stereocenters. The first-order valence-electron chi connectivity index (χ1n) is 11.4. The Morgan fingerprint density at radius 3 is 2.15 bits per heavy atom. The molecule has 1 rings (SSSR count). The molecule has 0 spiro atoms. The quantitative estimate of drug-likeness (QED) is 0.372. The van der Waals surface area contributed by atoms with E-state index >= 15 is 0 Å². The second-order valence-electron chi connectivity index (χ2n) is 9.28. The first kappa shape index (κ1) is 28.2. The Kier molecular flexibility index (Phi) is 11.1. The lowest BCUT2D eigenvalue weighted by Crippen LogP contribution is -2.55. The molecule has 0 aliphatic heterocycles. The number of hydrogen-bond donors (Lipinski definition) is 4. The van der Waals surface area contributed by atoms with Crippen molar-refractivity contribution < 1.29 is 29.3 Å². The normalized spacial score (nSPS) is 13.2. The van der Waals surface area contributed by atoms with E-state index in [0.29, 0.717) is 12.0 Å². The van der Waals surface area contributed by atoms with E-state index in [-0.39, 0.29) is 18.3 Å². The molecule has 3 amide bonds. The van der Waals surface area contributed by atoms with Crippen LogP contribution in [0.4, 0.5) is 4.79 Å². The Balaban J connectivity index is 3.33. The number of rotatable bonds is 11. The van der Waals surface area contributed by atoms with Crippen molar-refractivity contribution in [1.29, 1.82) is 0 Å². The summed E-state index contributed by atoms with van der Waals surface area (Å²) < 4.78 is 5.22. The molecule has 9 heteroatoms. The molecule has 0 radical (unpaired) electrons. The minimum atomic E-state index is -1.28. The number of carbonyl (C=O) groups is 3. The summed E-state index contributed by atoms with van der Waals surface area (Å²) in [5.74, 6) is -0.962. The summed E-state index contributed by atoms with van der Waals surface area (Å²) in [6.07, 6.45) is 1.54. The van der Waals surface area contributed by atoms with E-state index < -0.39 is 42.2 Å². The summed E-state index contributed by atoms with van der Waals surface area (Å²) in [6.45, 7) is 10.3. The highest BCUT2D eigenvalue weighted by Crippen LogP contribution is 2.25. The van der Waals surface area contributed by atoms with Gasteiger partial charge in [0, 0.05) is 12.6 Å². The fourth-order valence-electron chi connectivity index (χ4n) is 3.23. The predicted octanol–water partition coefficient (Wildman–Crippen LogP) is 2.86. The number of unbranched alkanes of at least 4 members (excludes halogenated alkanes) is 2. The molecule has 0 saturated carbocycles. The molecule has 0 bridgehead atoms. The van der Waals surface area contributed by atoms with Gasteiger partial charge in [0.05, 0.1) is 6.61 Å². The number of alkyl carbamates (subject to hydrolysis) is 1. The summed E-state index contributed by atoms with van der Waals surface area (Å²) in [5, 5.41) is 24.8. The first-order chi connectivity index (χ1) is 15.4. The van der Waals surface area contributed by atoms with Gasteiger partial charge in [0.25, 0.3) is 0 Å². The molecule has 2 atom stereocenters. The van der Waals surface area contributed by atoms with Crippen LogP contribution < -0.4 is 10.6 Å². The topological polar surface area (TPSA) is 128 Å². The van der Waals surface area contributed by atoms with Gasteiger partial charge in [-0.05, 0) is 58.7 Å². The van der Waals surface area contributed by atoms with Crippen molar-refractivity contribution in [2.24, 2.45) is 0 Å². The number of phenolic OH excluding ortho intramolecular Hbond substituents is 1. The van der Waals surface area contributed by atoms with Crippen LogP contribution in [0.25, 0.3) is 0 Å². The molecule has 186 valence electrons. The van der Waals surface area contributed by atoms with Crippen molar-refractivity contribution in [1.82, 2.24) is 15.5 Å². The highest BCUT2D eigenvalue weighted by atomic mass is 16.6. The van der Waals surface area contributed by atoms with Crippen molar-refractivity contribution in [3.05, 3.63) is 29.8 Å². The molecule has 0 heterocycles. The fraction of sp³-hybridized carbons (Fsp3) is 0.625. The number of aliphatic hydroxyl groups excluding tert-OH is 1. The zero-order valence-electron chi connectivity index (χ0n) is 20.6. The van der Waals surface area contributed by atoms with E-state index in [0.717, 1.165) is 12.8 Å². The second-order valence-corrected chi connectivity index (χ2v) is 9.28. The van der Waals surface area contributed by atoms with E-state index in [1.165, 1.54) is 17.0 Å². The number of aromatic hydroxyl groups is 1. The number of amides is 3. The van der Waals surface area contributed by atoms with Crippen LogP contribution >= 0.6 is 0 Å². The second kappa shape index (κ2) is 13.0. The molecule has 0 aliphatic rings. The maximum Gasteiger partial charge on any atom is 0.408 e. The van der Waals surface area contributed by atoms with Gasteiger partial charge in [0.1, 0.15) is 23.4 Å². The van der Waals surface area contributed by atoms with Crippen LogP contribution in [0.2, 0.25) is 0 Å². The lowest BCUT2D eigenvalue weighted by molar-refractivity contribution is -0.143. The van der Waals surface area contributed by atoms with Crippen LogP contribution in [0.5, 0.6) is 5.75 Å². The third-order valence-corrected chi connectivity index (χ3v) is 4.66. The summed E-state index contributed by atoms with van der Waals surface area (Å²) in [5.41, 5.74) is -0.274. The highest BCUT2D eigenvalue weighted by Gasteiger charge is 2.36. The standard InChI is InChI=1S/C24H39N3O6/c1-7-8-9-14-27(22(31)19(15-28)26-23(32)33-24(4,5)6)20(21(30)25-16(2)3)17-10-12-18(29)13-11-17/h10-13,16,19-20,28-29H,7-9,14-15H2,1-6H3,(H,25,30)(H,26,32). The van der Waals surface area contributed by atoms with Crippen molar-refractivity contribution in [3.63, 3.8) is 0 Å². The van der Waals surface area contributed by atoms with Gasteiger partial charge in [-0.1, -0.05) is 31.9 Å². The van der Waals surface area contributed by atoms with E-state index in [1.807, 2.05) is 20.8 Å². The lowest BCUT2D eigenvalue weighted by Gasteiger charge is -2.34. The number of hydrogen-bond acceptors (Lipinski definition) is 6. The highest BCUT2D eigenvalue weighted by molar-refractivity contribution is 5.92. The van der Waals surface area contributed by atoms with Gasteiger partial charge in [-0.25, -0.2) is 4.79 Å². The zero-order valence-corrected chi connectivity index (χ0v) is 20.6. The number of nitrogens with one attached hydrogen (secondary N) is 2. The van der Waals surface area contributed by atoms with Crippen molar-refractivity contribution in [2.45, 2.75) is 84.5 Å². The predicted molar refractivity (Wildman–Crippen MR) is 126 cm³/mol. The average molecular weight is 466 g/mol. The molecule has 1 aromatic rings. The Labute approximate surface area is 196 Å². The van der Waals surface area contributed by atoms with E-state index in [4.69, 9.17) is 4.74 Å². The van der Waals surface area contributed by atoms with Gasteiger partial charge in [-0.2, -0.15) is 0 Å². The first-order valence-corrected chi connectivity index (χ1v) is 11.4. The maximum atomic E-state index is 13.5. The Morgan fingerprint density at radius 1 is 1.06 bits per heavy atom. The number of nitrogens with zero attached hydrogens (tertiary/aromatic N) is 1. The number of carbonyl (C=O) groups excluding carboxylic acids is 3. The van der Waals surface area contributed by atoms with E-state index in [1.54, 1.807) is 32.9 Å². The Bertz CT molecular complexity index is 773. The van der Waals surface area contributed by atoms with Crippen LogP contribution in [-0.2, 0) is 14.3 Å². The molecule has 0 aromatic heterocycles. The zero-order chi connectivity index (χ0) is 25.2. The molecule has 9 nitrogen and oxygen atoms in total. The average Bonchev–Trinajstić information content (AvgIpc) is 2.70.